The first-order valence-corrected chi connectivity index (χ1v) is 29.4. The molecule has 1 unspecified atom stereocenters. The smallest absolute Gasteiger partial charge is 0.306 e. The highest BCUT2D eigenvalue weighted by Crippen LogP contribution is 2.16. The lowest BCUT2D eigenvalue weighted by atomic mass is 10.0. The highest BCUT2D eigenvalue weighted by atomic mass is 16.6. The molecule has 0 aliphatic rings. The monoisotopic (exact) mass is 963 g/mol. The molecular weight excluding hydrogens is 853 g/mol. The summed E-state index contributed by atoms with van der Waals surface area (Å²) < 4.78 is 16.9. The van der Waals surface area contributed by atoms with Gasteiger partial charge in [-0.05, 0) is 89.9 Å². The normalized spacial score (nSPS) is 12.6. The van der Waals surface area contributed by atoms with Crippen molar-refractivity contribution in [2.24, 2.45) is 0 Å². The SMILES string of the molecule is CC/C=C\C/C=C\C/C=C\C/C=C\C/C=C\CCCCCC(=O)OCC(COC(=O)CCCCCCC/C=C\CCCCCCCC)OC(=O)CCCCCCCCCCCCCCCCCCC. The van der Waals surface area contributed by atoms with E-state index >= 15 is 0 Å². The largest absolute Gasteiger partial charge is 0.462 e. The molecule has 0 aliphatic heterocycles. The van der Waals surface area contributed by atoms with Crippen molar-refractivity contribution < 1.29 is 28.6 Å². The van der Waals surface area contributed by atoms with Crippen molar-refractivity contribution in [2.45, 2.75) is 297 Å². The molecule has 398 valence electrons. The topological polar surface area (TPSA) is 78.9 Å². The molecule has 0 amide bonds. The Balaban J connectivity index is 4.43. The number of esters is 3. The summed E-state index contributed by atoms with van der Waals surface area (Å²) in [7, 11) is 0. The second-order valence-electron chi connectivity index (χ2n) is 19.5. The van der Waals surface area contributed by atoms with Crippen LogP contribution in [0, 0.1) is 0 Å². The van der Waals surface area contributed by atoms with Crippen molar-refractivity contribution in [1.29, 1.82) is 0 Å². The van der Waals surface area contributed by atoms with E-state index in [1.807, 2.05) is 0 Å². The van der Waals surface area contributed by atoms with E-state index < -0.39 is 6.10 Å². The third-order valence-electron chi connectivity index (χ3n) is 12.7. The van der Waals surface area contributed by atoms with Crippen LogP contribution in [0.5, 0.6) is 0 Å². The van der Waals surface area contributed by atoms with Gasteiger partial charge in [-0.3, -0.25) is 14.4 Å². The summed E-state index contributed by atoms with van der Waals surface area (Å²) in [4.78, 5) is 38.2. The van der Waals surface area contributed by atoms with Crippen LogP contribution < -0.4 is 0 Å². The summed E-state index contributed by atoms with van der Waals surface area (Å²) in [6, 6.07) is 0. The average molecular weight is 964 g/mol. The van der Waals surface area contributed by atoms with Crippen molar-refractivity contribution >= 4 is 17.9 Å². The average Bonchev–Trinajstić information content (AvgIpc) is 3.35. The summed E-state index contributed by atoms with van der Waals surface area (Å²) in [5, 5.41) is 0. The van der Waals surface area contributed by atoms with Gasteiger partial charge in [-0.2, -0.15) is 0 Å². The quantitative estimate of drug-likeness (QED) is 0.0262. The van der Waals surface area contributed by atoms with Crippen LogP contribution in [-0.4, -0.2) is 37.2 Å². The molecule has 0 aromatic carbocycles. The van der Waals surface area contributed by atoms with E-state index in [0.717, 1.165) is 103 Å². The molecule has 0 rings (SSSR count). The molecule has 6 nitrogen and oxygen atoms in total. The molecule has 0 aliphatic carbocycles. The van der Waals surface area contributed by atoms with Gasteiger partial charge in [0.05, 0.1) is 0 Å². The van der Waals surface area contributed by atoms with Gasteiger partial charge >= 0.3 is 17.9 Å². The zero-order valence-corrected chi connectivity index (χ0v) is 45.6. The molecule has 0 spiro atoms. The number of hydrogen-bond donors (Lipinski definition) is 0. The first-order chi connectivity index (χ1) is 34.0. The van der Waals surface area contributed by atoms with Crippen LogP contribution in [0.1, 0.15) is 290 Å². The van der Waals surface area contributed by atoms with Gasteiger partial charge in [-0.15, -0.1) is 0 Å². The maximum absolute atomic E-state index is 12.9. The molecule has 1 atom stereocenters. The highest BCUT2D eigenvalue weighted by molar-refractivity contribution is 5.71. The van der Waals surface area contributed by atoms with Gasteiger partial charge in [-0.1, -0.05) is 254 Å². The van der Waals surface area contributed by atoms with Crippen molar-refractivity contribution in [1.82, 2.24) is 0 Å². The van der Waals surface area contributed by atoms with Crippen molar-refractivity contribution in [2.75, 3.05) is 13.2 Å². The van der Waals surface area contributed by atoms with Crippen molar-refractivity contribution in [3.63, 3.8) is 0 Å². The third kappa shape index (κ3) is 55.6. The van der Waals surface area contributed by atoms with Crippen LogP contribution >= 0.6 is 0 Å². The van der Waals surface area contributed by atoms with E-state index in [1.54, 1.807) is 0 Å². The van der Waals surface area contributed by atoms with Crippen LogP contribution in [0.15, 0.2) is 72.9 Å². The minimum absolute atomic E-state index is 0.0881. The van der Waals surface area contributed by atoms with Crippen LogP contribution in [0.3, 0.4) is 0 Å². The predicted octanol–water partition coefficient (Wildman–Crippen LogP) is 19.8. The zero-order valence-electron chi connectivity index (χ0n) is 45.6. The van der Waals surface area contributed by atoms with Gasteiger partial charge in [0.2, 0.25) is 0 Å². The Labute approximate surface area is 427 Å². The first-order valence-electron chi connectivity index (χ1n) is 29.4. The van der Waals surface area contributed by atoms with Crippen LogP contribution in [0.2, 0.25) is 0 Å². The Hall–Kier alpha value is -3.15. The fourth-order valence-electron chi connectivity index (χ4n) is 8.29. The molecule has 0 fully saturated rings. The minimum Gasteiger partial charge on any atom is -0.462 e. The molecule has 69 heavy (non-hydrogen) atoms. The fourth-order valence-corrected chi connectivity index (χ4v) is 8.29. The van der Waals surface area contributed by atoms with E-state index in [-0.39, 0.29) is 31.1 Å². The van der Waals surface area contributed by atoms with Gasteiger partial charge in [0.1, 0.15) is 13.2 Å². The highest BCUT2D eigenvalue weighted by Gasteiger charge is 2.19. The van der Waals surface area contributed by atoms with Gasteiger partial charge in [0.15, 0.2) is 6.10 Å². The van der Waals surface area contributed by atoms with E-state index in [1.165, 1.54) is 148 Å². The molecule has 0 aromatic heterocycles. The molecule has 0 bridgehead atoms. The lowest BCUT2D eigenvalue weighted by molar-refractivity contribution is -0.167. The Morgan fingerprint density at radius 1 is 0.304 bits per heavy atom. The van der Waals surface area contributed by atoms with Gasteiger partial charge in [0.25, 0.3) is 0 Å². The van der Waals surface area contributed by atoms with Gasteiger partial charge in [-0.25, -0.2) is 0 Å². The molecule has 0 N–H and O–H groups in total. The second-order valence-corrected chi connectivity index (χ2v) is 19.5. The van der Waals surface area contributed by atoms with Crippen molar-refractivity contribution in [3.8, 4) is 0 Å². The van der Waals surface area contributed by atoms with E-state index in [0.29, 0.717) is 19.3 Å². The summed E-state index contributed by atoms with van der Waals surface area (Å²) in [6.07, 6.45) is 73.2. The summed E-state index contributed by atoms with van der Waals surface area (Å²) in [5.41, 5.74) is 0. The number of carbonyl (C=O) groups is 3. The Bertz CT molecular complexity index is 1290. The van der Waals surface area contributed by atoms with Crippen LogP contribution in [0.4, 0.5) is 0 Å². The van der Waals surface area contributed by atoms with E-state index in [9.17, 15) is 14.4 Å². The molecular formula is C63H110O6. The molecule has 6 heteroatoms. The lowest BCUT2D eigenvalue weighted by Crippen LogP contribution is -2.30. The van der Waals surface area contributed by atoms with E-state index in [4.69, 9.17) is 14.2 Å². The first kappa shape index (κ1) is 65.8. The molecule has 0 saturated heterocycles. The zero-order chi connectivity index (χ0) is 50.0. The fraction of sp³-hybridized carbons (Fsp3) is 0.762. The molecule has 0 saturated carbocycles. The number of ether oxygens (including phenoxy) is 3. The maximum Gasteiger partial charge on any atom is 0.306 e. The molecule has 0 aromatic rings. The van der Waals surface area contributed by atoms with Crippen LogP contribution in [-0.2, 0) is 28.6 Å². The van der Waals surface area contributed by atoms with Crippen molar-refractivity contribution in [3.05, 3.63) is 72.9 Å². The summed E-state index contributed by atoms with van der Waals surface area (Å²) in [6.45, 7) is 6.52. The lowest BCUT2D eigenvalue weighted by Gasteiger charge is -2.18. The second kappa shape index (κ2) is 57.4. The number of rotatable bonds is 53. The Kier molecular flexibility index (Phi) is 54.8. The number of allylic oxidation sites excluding steroid dienone is 12. The predicted molar refractivity (Wildman–Crippen MR) is 298 cm³/mol. The summed E-state index contributed by atoms with van der Waals surface area (Å²) in [5.74, 6) is -0.917. The number of carbonyl (C=O) groups excluding carboxylic acids is 3. The maximum atomic E-state index is 12.9. The molecule has 0 heterocycles. The number of unbranched alkanes of at least 4 members (excludes halogenated alkanes) is 30. The standard InChI is InChI=1S/C63H110O6/c1-4-7-10-13-16-19-22-25-28-30-31-33-35-38-41-44-47-50-53-56-62(65)68-59-60(58-67-61(64)55-52-49-46-43-40-37-34-27-24-21-18-15-12-9-6-3)69-63(66)57-54-51-48-45-42-39-36-32-29-26-23-20-17-14-11-8-5-2/h7,10,16,19,25,27-28,31,33-34,38,41,60H,4-6,8-9,11-15,17-18,20-24,26,29-30,32,35-37,39-40,42-59H2,1-3H3/b10-7-,19-16-,28-25-,33-31-,34-27-,41-38-. The number of hydrogen-bond acceptors (Lipinski definition) is 6. The minimum atomic E-state index is -0.791. The summed E-state index contributed by atoms with van der Waals surface area (Å²) >= 11 is 0. The van der Waals surface area contributed by atoms with Crippen LogP contribution in [0.25, 0.3) is 0 Å². The molecule has 0 radical (unpaired) electrons. The van der Waals surface area contributed by atoms with Gasteiger partial charge < -0.3 is 14.2 Å². The van der Waals surface area contributed by atoms with Gasteiger partial charge in [0, 0.05) is 19.3 Å². The third-order valence-corrected chi connectivity index (χ3v) is 12.7. The Morgan fingerprint density at radius 3 is 0.913 bits per heavy atom. The Morgan fingerprint density at radius 2 is 0.565 bits per heavy atom. The van der Waals surface area contributed by atoms with E-state index in [2.05, 4.69) is 93.7 Å².